The van der Waals surface area contributed by atoms with Crippen LogP contribution in [0.5, 0.6) is 0 Å². The standard InChI is InChI=1S/C59H100O6/c1-4-7-10-13-16-19-22-25-27-28-29-30-32-34-37-40-43-46-49-52-58(61)64-55-56(54-63-57(60)51-48-45-42-39-36-33-24-21-18-15-12-9-6-3)65-59(62)53-50-47-44-41-38-35-31-26-23-20-17-14-11-8-5-2/h8-9,11-12,14-15,17-18,20-21,23-24,33,36,56H,4-7,10,13,16,19,22,25-32,34-35,37-55H2,1-3H3/b11-8-,12-9-,17-14-,18-15-,23-20-,24-21-,36-33-. The first-order valence-corrected chi connectivity index (χ1v) is 27.2. The third-order valence-electron chi connectivity index (χ3n) is 11.6. The number of allylic oxidation sites excluding steroid dienone is 14. The molecule has 1 atom stereocenters. The predicted octanol–water partition coefficient (Wildman–Crippen LogP) is 18.0. The maximum Gasteiger partial charge on any atom is 0.306 e. The van der Waals surface area contributed by atoms with Crippen molar-refractivity contribution in [2.45, 2.75) is 258 Å². The first-order valence-electron chi connectivity index (χ1n) is 27.2. The minimum absolute atomic E-state index is 0.0929. The number of carbonyl (C=O) groups is 3. The van der Waals surface area contributed by atoms with Gasteiger partial charge in [-0.15, -0.1) is 0 Å². The summed E-state index contributed by atoms with van der Waals surface area (Å²) in [6, 6.07) is 0. The van der Waals surface area contributed by atoms with Crippen LogP contribution >= 0.6 is 0 Å². The van der Waals surface area contributed by atoms with Gasteiger partial charge in [-0.3, -0.25) is 14.4 Å². The van der Waals surface area contributed by atoms with Gasteiger partial charge in [-0.05, 0) is 57.8 Å². The quantitative estimate of drug-likeness (QED) is 0.0262. The maximum atomic E-state index is 12.8. The smallest absolute Gasteiger partial charge is 0.306 e. The van der Waals surface area contributed by atoms with Gasteiger partial charge in [0.15, 0.2) is 6.10 Å². The Morgan fingerprint density at radius 1 is 0.323 bits per heavy atom. The van der Waals surface area contributed by atoms with Crippen LogP contribution in [0.1, 0.15) is 252 Å². The zero-order valence-corrected chi connectivity index (χ0v) is 42.5. The third-order valence-corrected chi connectivity index (χ3v) is 11.6. The summed E-state index contributed by atoms with van der Waals surface area (Å²) in [5, 5.41) is 0. The lowest BCUT2D eigenvalue weighted by Gasteiger charge is -2.18. The summed E-state index contributed by atoms with van der Waals surface area (Å²) < 4.78 is 16.8. The van der Waals surface area contributed by atoms with Crippen LogP contribution in [-0.4, -0.2) is 37.2 Å². The molecule has 65 heavy (non-hydrogen) atoms. The molecule has 0 bridgehead atoms. The normalized spacial score (nSPS) is 12.7. The van der Waals surface area contributed by atoms with Gasteiger partial charge in [0, 0.05) is 19.3 Å². The van der Waals surface area contributed by atoms with Gasteiger partial charge in [0.05, 0.1) is 0 Å². The van der Waals surface area contributed by atoms with E-state index in [0.717, 1.165) is 89.9 Å². The molecule has 0 rings (SSSR count). The SMILES string of the molecule is CC\C=C/C=C\C=C/C=C\CCCCCC(=O)OCC(COC(=O)CCCCCCCCCCCCCCCCCCCCC)OC(=O)CCCCCCCCC\C=C/C=C\C=C/CC. The Balaban J connectivity index is 4.39. The zero-order chi connectivity index (χ0) is 47.2. The van der Waals surface area contributed by atoms with Crippen LogP contribution in [0.15, 0.2) is 85.1 Å². The van der Waals surface area contributed by atoms with E-state index in [4.69, 9.17) is 14.2 Å². The summed E-state index contributed by atoms with van der Waals surface area (Å²) in [5.74, 6) is -0.942. The van der Waals surface area contributed by atoms with Crippen molar-refractivity contribution in [3.63, 3.8) is 0 Å². The average Bonchev–Trinajstić information content (AvgIpc) is 3.30. The molecule has 0 aromatic rings. The van der Waals surface area contributed by atoms with Crippen LogP contribution in [0.2, 0.25) is 0 Å². The second kappa shape index (κ2) is 53.2. The van der Waals surface area contributed by atoms with Crippen LogP contribution in [0.4, 0.5) is 0 Å². The molecule has 0 amide bonds. The zero-order valence-electron chi connectivity index (χ0n) is 42.5. The van der Waals surface area contributed by atoms with Crippen molar-refractivity contribution >= 4 is 17.9 Å². The summed E-state index contributed by atoms with van der Waals surface area (Å²) in [4.78, 5) is 38.0. The van der Waals surface area contributed by atoms with E-state index in [1.54, 1.807) is 0 Å². The summed E-state index contributed by atoms with van der Waals surface area (Å²) in [6.07, 6.45) is 68.6. The highest BCUT2D eigenvalue weighted by molar-refractivity contribution is 5.71. The molecule has 0 aromatic heterocycles. The van der Waals surface area contributed by atoms with E-state index < -0.39 is 6.10 Å². The topological polar surface area (TPSA) is 78.9 Å². The fourth-order valence-electron chi connectivity index (χ4n) is 7.51. The lowest BCUT2D eigenvalue weighted by atomic mass is 10.0. The van der Waals surface area contributed by atoms with Gasteiger partial charge in [0.2, 0.25) is 0 Å². The van der Waals surface area contributed by atoms with Crippen molar-refractivity contribution in [3.05, 3.63) is 85.1 Å². The maximum absolute atomic E-state index is 12.8. The van der Waals surface area contributed by atoms with Gasteiger partial charge in [-0.25, -0.2) is 0 Å². The van der Waals surface area contributed by atoms with Crippen molar-refractivity contribution < 1.29 is 28.6 Å². The molecule has 0 aliphatic rings. The third kappa shape index (κ3) is 51.4. The first kappa shape index (κ1) is 61.6. The minimum Gasteiger partial charge on any atom is -0.462 e. The molecule has 0 saturated heterocycles. The molecule has 372 valence electrons. The highest BCUT2D eigenvalue weighted by Gasteiger charge is 2.19. The van der Waals surface area contributed by atoms with E-state index in [2.05, 4.69) is 69.4 Å². The summed E-state index contributed by atoms with van der Waals surface area (Å²) in [7, 11) is 0. The van der Waals surface area contributed by atoms with E-state index >= 15 is 0 Å². The number of hydrogen-bond acceptors (Lipinski definition) is 6. The van der Waals surface area contributed by atoms with Crippen LogP contribution < -0.4 is 0 Å². The Labute approximate surface area is 401 Å². The van der Waals surface area contributed by atoms with Gasteiger partial charge in [-0.1, -0.05) is 260 Å². The number of ether oxygens (including phenoxy) is 3. The van der Waals surface area contributed by atoms with E-state index in [9.17, 15) is 14.4 Å². The van der Waals surface area contributed by atoms with Gasteiger partial charge in [-0.2, -0.15) is 0 Å². The number of esters is 3. The Morgan fingerprint density at radius 2 is 0.600 bits per heavy atom. The lowest BCUT2D eigenvalue weighted by molar-refractivity contribution is -0.167. The first-order chi connectivity index (χ1) is 32.0. The molecule has 0 aliphatic heterocycles. The van der Waals surface area contributed by atoms with Crippen molar-refractivity contribution in [1.82, 2.24) is 0 Å². The van der Waals surface area contributed by atoms with Crippen molar-refractivity contribution in [1.29, 1.82) is 0 Å². The van der Waals surface area contributed by atoms with Crippen molar-refractivity contribution in [2.75, 3.05) is 13.2 Å². The lowest BCUT2D eigenvalue weighted by Crippen LogP contribution is -2.30. The fraction of sp³-hybridized carbons (Fsp3) is 0.712. The number of rotatable bonds is 48. The van der Waals surface area contributed by atoms with Crippen LogP contribution in [0.3, 0.4) is 0 Å². The minimum atomic E-state index is -0.798. The fourth-order valence-corrected chi connectivity index (χ4v) is 7.51. The van der Waals surface area contributed by atoms with Crippen LogP contribution in [0, 0.1) is 0 Å². The van der Waals surface area contributed by atoms with Gasteiger partial charge in [0.25, 0.3) is 0 Å². The van der Waals surface area contributed by atoms with E-state index in [-0.39, 0.29) is 31.1 Å². The number of unbranched alkanes of at least 4 members (excludes halogenated alkanes) is 28. The molecule has 6 nitrogen and oxygen atoms in total. The number of hydrogen-bond donors (Lipinski definition) is 0. The molecule has 0 aromatic carbocycles. The molecule has 0 aliphatic carbocycles. The largest absolute Gasteiger partial charge is 0.462 e. The average molecular weight is 905 g/mol. The molecular formula is C59H100O6. The van der Waals surface area contributed by atoms with Crippen LogP contribution in [0.25, 0.3) is 0 Å². The summed E-state index contributed by atoms with van der Waals surface area (Å²) in [5.41, 5.74) is 0. The van der Waals surface area contributed by atoms with E-state index in [1.807, 2.05) is 36.5 Å². The molecule has 0 heterocycles. The van der Waals surface area contributed by atoms with Gasteiger partial charge >= 0.3 is 17.9 Å². The Morgan fingerprint density at radius 3 is 0.954 bits per heavy atom. The Kier molecular flexibility index (Phi) is 50.4. The molecule has 0 saturated carbocycles. The number of carbonyl (C=O) groups excluding carboxylic acids is 3. The Hall–Kier alpha value is -3.41. The molecular weight excluding hydrogens is 805 g/mol. The monoisotopic (exact) mass is 905 g/mol. The van der Waals surface area contributed by atoms with Crippen molar-refractivity contribution in [3.8, 4) is 0 Å². The predicted molar refractivity (Wildman–Crippen MR) is 279 cm³/mol. The van der Waals surface area contributed by atoms with Crippen LogP contribution in [-0.2, 0) is 28.6 Å². The highest BCUT2D eigenvalue weighted by atomic mass is 16.6. The van der Waals surface area contributed by atoms with Gasteiger partial charge in [0.1, 0.15) is 13.2 Å². The molecule has 0 spiro atoms. The second-order valence-corrected chi connectivity index (χ2v) is 17.9. The molecule has 0 N–H and O–H groups in total. The molecule has 0 radical (unpaired) electrons. The summed E-state index contributed by atoms with van der Waals surface area (Å²) in [6.45, 7) is 6.34. The molecule has 6 heteroatoms. The summed E-state index contributed by atoms with van der Waals surface area (Å²) >= 11 is 0. The second-order valence-electron chi connectivity index (χ2n) is 17.9. The highest BCUT2D eigenvalue weighted by Crippen LogP contribution is 2.16. The molecule has 0 fully saturated rings. The Bertz CT molecular complexity index is 1270. The molecule has 1 unspecified atom stereocenters. The van der Waals surface area contributed by atoms with Crippen molar-refractivity contribution in [2.24, 2.45) is 0 Å². The van der Waals surface area contributed by atoms with E-state index in [0.29, 0.717) is 19.3 Å². The van der Waals surface area contributed by atoms with E-state index in [1.165, 1.54) is 122 Å². The van der Waals surface area contributed by atoms with Gasteiger partial charge < -0.3 is 14.2 Å².